The Morgan fingerprint density at radius 3 is 2.50 bits per heavy atom. The second kappa shape index (κ2) is 8.02. The number of amides is 1. The standard InChI is InChI=1S/C20H30N2O2/c1-21-10-8-18(9-11-21)20(23)22-12-6-16(7-13-22)14-17-4-3-5-19(15-17)24-2/h3-5,15-16,18H,6-14H2,1-2H3. The number of nitrogens with zero attached hydrogens (tertiary/aromatic N) is 2. The molecule has 2 aliphatic rings. The van der Waals surface area contributed by atoms with Crippen molar-refractivity contribution < 1.29 is 9.53 Å². The molecule has 2 heterocycles. The first-order chi connectivity index (χ1) is 11.7. The van der Waals surface area contributed by atoms with Crippen LogP contribution in [0.4, 0.5) is 0 Å². The van der Waals surface area contributed by atoms with Gasteiger partial charge in [-0.3, -0.25) is 4.79 Å². The fourth-order valence-electron chi connectivity index (χ4n) is 4.00. The van der Waals surface area contributed by atoms with Gasteiger partial charge in [-0.15, -0.1) is 0 Å². The summed E-state index contributed by atoms with van der Waals surface area (Å²) in [6.07, 6.45) is 5.39. The maximum atomic E-state index is 12.7. The minimum Gasteiger partial charge on any atom is -0.497 e. The molecule has 4 heteroatoms. The summed E-state index contributed by atoms with van der Waals surface area (Å²) < 4.78 is 5.31. The Morgan fingerprint density at radius 2 is 1.83 bits per heavy atom. The van der Waals surface area contributed by atoms with E-state index >= 15 is 0 Å². The Hall–Kier alpha value is -1.55. The van der Waals surface area contributed by atoms with E-state index in [0.717, 1.165) is 64.0 Å². The van der Waals surface area contributed by atoms with Crippen LogP contribution in [0.1, 0.15) is 31.2 Å². The van der Waals surface area contributed by atoms with Crippen molar-refractivity contribution in [3.63, 3.8) is 0 Å². The minimum absolute atomic E-state index is 0.260. The molecule has 4 nitrogen and oxygen atoms in total. The number of carbonyl (C=O) groups excluding carboxylic acids is 1. The summed E-state index contributed by atoms with van der Waals surface area (Å²) in [4.78, 5) is 17.1. The second-order valence-electron chi connectivity index (χ2n) is 7.40. The van der Waals surface area contributed by atoms with Gasteiger partial charge in [0.15, 0.2) is 0 Å². The molecule has 3 rings (SSSR count). The van der Waals surface area contributed by atoms with Crippen molar-refractivity contribution in [2.24, 2.45) is 11.8 Å². The summed E-state index contributed by atoms with van der Waals surface area (Å²) in [6, 6.07) is 8.37. The van der Waals surface area contributed by atoms with Crippen molar-refractivity contribution in [3.05, 3.63) is 29.8 Å². The minimum atomic E-state index is 0.260. The van der Waals surface area contributed by atoms with Gasteiger partial charge in [-0.2, -0.15) is 0 Å². The Morgan fingerprint density at radius 1 is 1.12 bits per heavy atom. The maximum absolute atomic E-state index is 12.7. The van der Waals surface area contributed by atoms with E-state index < -0.39 is 0 Å². The molecular weight excluding hydrogens is 300 g/mol. The van der Waals surface area contributed by atoms with E-state index in [1.54, 1.807) is 7.11 Å². The van der Waals surface area contributed by atoms with Crippen LogP contribution in [0, 0.1) is 11.8 Å². The van der Waals surface area contributed by atoms with Gasteiger partial charge in [0.05, 0.1) is 7.11 Å². The van der Waals surface area contributed by atoms with E-state index in [4.69, 9.17) is 4.74 Å². The van der Waals surface area contributed by atoms with Crippen molar-refractivity contribution in [2.45, 2.75) is 32.1 Å². The summed E-state index contributed by atoms with van der Waals surface area (Å²) in [5.41, 5.74) is 1.34. The lowest BCUT2D eigenvalue weighted by atomic mass is 9.88. The molecule has 0 spiro atoms. The first-order valence-corrected chi connectivity index (χ1v) is 9.26. The highest BCUT2D eigenvalue weighted by Gasteiger charge is 2.30. The number of methoxy groups -OCH3 is 1. The molecule has 0 atom stereocenters. The molecular formula is C20H30N2O2. The molecule has 132 valence electrons. The molecule has 1 amide bonds. The van der Waals surface area contributed by atoms with Gasteiger partial charge >= 0.3 is 0 Å². The molecule has 1 aromatic carbocycles. The van der Waals surface area contributed by atoms with Gasteiger partial charge in [0.2, 0.25) is 5.91 Å². The van der Waals surface area contributed by atoms with Crippen LogP contribution in [-0.4, -0.2) is 56.0 Å². The quantitative estimate of drug-likeness (QED) is 0.851. The van der Waals surface area contributed by atoms with Gasteiger partial charge in [-0.05, 0) is 75.9 Å². The van der Waals surface area contributed by atoms with E-state index in [2.05, 4.69) is 35.0 Å². The molecule has 2 fully saturated rings. The third kappa shape index (κ3) is 4.29. The fourth-order valence-corrected chi connectivity index (χ4v) is 4.00. The highest BCUT2D eigenvalue weighted by molar-refractivity contribution is 5.79. The summed E-state index contributed by atoms with van der Waals surface area (Å²) in [5.74, 6) is 2.28. The number of benzene rings is 1. The average molecular weight is 330 g/mol. The van der Waals surface area contributed by atoms with E-state index in [-0.39, 0.29) is 5.92 Å². The molecule has 0 N–H and O–H groups in total. The predicted octanol–water partition coefficient (Wildman–Crippen LogP) is 2.82. The second-order valence-corrected chi connectivity index (χ2v) is 7.40. The summed E-state index contributed by atoms with van der Waals surface area (Å²) in [5, 5.41) is 0. The molecule has 1 aromatic rings. The number of rotatable bonds is 4. The number of likely N-dealkylation sites (tertiary alicyclic amines) is 2. The first kappa shape index (κ1) is 17.3. The average Bonchev–Trinajstić information content (AvgIpc) is 2.62. The van der Waals surface area contributed by atoms with E-state index in [9.17, 15) is 4.79 Å². The zero-order chi connectivity index (χ0) is 16.9. The number of hydrogen-bond donors (Lipinski definition) is 0. The molecule has 0 radical (unpaired) electrons. The number of ether oxygens (including phenoxy) is 1. The van der Waals surface area contributed by atoms with Crippen LogP contribution in [-0.2, 0) is 11.2 Å². The Kier molecular flexibility index (Phi) is 5.77. The molecule has 2 saturated heterocycles. The SMILES string of the molecule is COc1cccc(CC2CCN(C(=O)C3CCN(C)CC3)CC2)c1. The van der Waals surface area contributed by atoms with E-state index in [1.807, 2.05) is 6.07 Å². The first-order valence-electron chi connectivity index (χ1n) is 9.26. The molecule has 24 heavy (non-hydrogen) atoms. The van der Waals surface area contributed by atoms with Crippen molar-refractivity contribution in [1.82, 2.24) is 9.80 Å². The van der Waals surface area contributed by atoms with Crippen LogP contribution in [0.5, 0.6) is 5.75 Å². The van der Waals surface area contributed by atoms with Gasteiger partial charge in [0.1, 0.15) is 5.75 Å². The smallest absolute Gasteiger partial charge is 0.225 e. The van der Waals surface area contributed by atoms with Gasteiger partial charge in [-0.25, -0.2) is 0 Å². The largest absolute Gasteiger partial charge is 0.497 e. The molecule has 0 saturated carbocycles. The Balaban J connectivity index is 1.47. The normalized spacial score (nSPS) is 21.0. The van der Waals surface area contributed by atoms with Crippen LogP contribution in [0.15, 0.2) is 24.3 Å². The van der Waals surface area contributed by atoms with Crippen LogP contribution in [0.2, 0.25) is 0 Å². The lowest BCUT2D eigenvalue weighted by Gasteiger charge is -2.36. The highest BCUT2D eigenvalue weighted by Crippen LogP contribution is 2.26. The van der Waals surface area contributed by atoms with Crippen LogP contribution in [0.25, 0.3) is 0 Å². The molecule has 0 aliphatic carbocycles. The third-order valence-corrected chi connectivity index (χ3v) is 5.65. The van der Waals surface area contributed by atoms with Gasteiger partial charge in [0.25, 0.3) is 0 Å². The van der Waals surface area contributed by atoms with Gasteiger partial charge < -0.3 is 14.5 Å². The van der Waals surface area contributed by atoms with Gasteiger partial charge in [0, 0.05) is 19.0 Å². The topological polar surface area (TPSA) is 32.8 Å². The zero-order valence-electron chi connectivity index (χ0n) is 15.0. The number of piperidine rings is 2. The van der Waals surface area contributed by atoms with Crippen molar-refractivity contribution in [3.8, 4) is 5.75 Å². The number of carbonyl (C=O) groups is 1. The van der Waals surface area contributed by atoms with E-state index in [0.29, 0.717) is 11.8 Å². The van der Waals surface area contributed by atoms with Gasteiger partial charge in [-0.1, -0.05) is 12.1 Å². The molecule has 0 unspecified atom stereocenters. The van der Waals surface area contributed by atoms with Crippen LogP contribution in [0.3, 0.4) is 0 Å². The molecule has 0 bridgehead atoms. The summed E-state index contributed by atoms with van der Waals surface area (Å²) >= 11 is 0. The van der Waals surface area contributed by atoms with Crippen molar-refractivity contribution in [2.75, 3.05) is 40.3 Å². The Bertz CT molecular complexity index is 544. The lowest BCUT2D eigenvalue weighted by molar-refractivity contribution is -0.138. The maximum Gasteiger partial charge on any atom is 0.225 e. The molecule has 2 aliphatic heterocycles. The third-order valence-electron chi connectivity index (χ3n) is 5.65. The van der Waals surface area contributed by atoms with Crippen molar-refractivity contribution >= 4 is 5.91 Å². The number of hydrogen-bond acceptors (Lipinski definition) is 3. The highest BCUT2D eigenvalue weighted by atomic mass is 16.5. The zero-order valence-corrected chi connectivity index (χ0v) is 15.0. The van der Waals surface area contributed by atoms with Crippen molar-refractivity contribution in [1.29, 1.82) is 0 Å². The van der Waals surface area contributed by atoms with Crippen LogP contribution >= 0.6 is 0 Å². The Labute approximate surface area is 145 Å². The predicted molar refractivity (Wildman–Crippen MR) is 96.2 cm³/mol. The summed E-state index contributed by atoms with van der Waals surface area (Å²) in [6.45, 7) is 3.98. The molecule has 0 aromatic heterocycles. The monoisotopic (exact) mass is 330 g/mol. The lowest BCUT2D eigenvalue weighted by Crippen LogP contribution is -2.45. The summed E-state index contributed by atoms with van der Waals surface area (Å²) in [7, 11) is 3.86. The van der Waals surface area contributed by atoms with E-state index in [1.165, 1.54) is 5.56 Å². The fraction of sp³-hybridized carbons (Fsp3) is 0.650. The van der Waals surface area contributed by atoms with Crippen LogP contribution < -0.4 is 4.74 Å².